The number of Topliss-reactive ketones (excluding diaryl/α,β-unsaturated/α-hetero) is 2. The third kappa shape index (κ3) is 8.37. The number of nitrogens with zero attached hydrogens (tertiary/aromatic N) is 2. The van der Waals surface area contributed by atoms with Gasteiger partial charge in [0.1, 0.15) is 29.2 Å². The molecule has 10 atom stereocenters. The van der Waals surface area contributed by atoms with Gasteiger partial charge in [0, 0.05) is 48.2 Å². The van der Waals surface area contributed by atoms with Crippen LogP contribution in [0.4, 0.5) is 0 Å². The summed E-state index contributed by atoms with van der Waals surface area (Å²) in [4.78, 5) is 63.4. The van der Waals surface area contributed by atoms with Crippen LogP contribution in [0.3, 0.4) is 0 Å². The van der Waals surface area contributed by atoms with Crippen molar-refractivity contribution in [3.05, 3.63) is 54.4 Å². The Hall–Kier alpha value is -3.84. The highest BCUT2D eigenvalue weighted by Crippen LogP contribution is 2.44. The summed E-state index contributed by atoms with van der Waals surface area (Å²) in [6.45, 7) is 13.4. The number of cyclic esters (lactones) is 1. The van der Waals surface area contributed by atoms with Crippen LogP contribution in [0.25, 0.3) is 17.5 Å². The molecule has 50 heavy (non-hydrogen) atoms. The van der Waals surface area contributed by atoms with Gasteiger partial charge in [0.2, 0.25) is 12.3 Å². The highest BCUT2D eigenvalue weighted by atomic mass is 16.7. The van der Waals surface area contributed by atoms with Crippen LogP contribution in [0.2, 0.25) is 0 Å². The average molecular weight is 693 g/mol. The molecule has 2 fully saturated rings. The topological polar surface area (TPSA) is 177 Å². The number of ether oxygens (including phenoxy) is 2. The van der Waals surface area contributed by atoms with Crippen molar-refractivity contribution in [1.82, 2.24) is 20.6 Å². The number of hydrogen-bond donors (Lipinski definition) is 4. The van der Waals surface area contributed by atoms with Gasteiger partial charge >= 0.3 is 5.97 Å². The SMILES string of the molecule is CC[C@H]1OC(=O)[C@H](C)C(=O)[C@H](C)[C@@H](C)[C@](C)(O)CC(C)(CC(=O)NC/C=C/c2ccc(-c3ncccn3)cc2)C(=O)[C@H](C)[C@H]2NC(O)O[C@@]21C. The van der Waals surface area contributed by atoms with Crippen molar-refractivity contribution < 1.29 is 38.9 Å². The molecule has 0 bridgehead atoms. The zero-order valence-electron chi connectivity index (χ0n) is 30.3. The standard InChI is InChI=1S/C38H52N4O8/c1-9-28-38(8)31(42-35(47)50-38)24(4)32(45)36(6,21-37(7,48)25(5)22(2)30(44)23(3)34(46)49-28)20-29(43)39-17-10-12-26-13-15-27(16-14-26)33-40-18-11-19-41-33/h10-16,18-19,22-25,28,31,35,42,47-48H,9,17,20-21H2,1-8H3,(H,39,43)/b12-10+/t22-,23-,24-,25-,28-,31-,35?,36?,37-,38-/m1/s1. The molecule has 0 radical (unpaired) electrons. The van der Waals surface area contributed by atoms with Gasteiger partial charge in [-0.3, -0.25) is 24.5 Å². The van der Waals surface area contributed by atoms with Gasteiger partial charge < -0.3 is 25.0 Å². The lowest BCUT2D eigenvalue weighted by Gasteiger charge is -2.44. The fourth-order valence-corrected chi connectivity index (χ4v) is 7.59. The second kappa shape index (κ2) is 15.6. The maximum Gasteiger partial charge on any atom is 0.316 e. The Morgan fingerprint density at radius 1 is 1.04 bits per heavy atom. The number of amides is 1. The van der Waals surface area contributed by atoms with Gasteiger partial charge in [-0.15, -0.1) is 0 Å². The maximum absolute atomic E-state index is 14.6. The van der Waals surface area contributed by atoms with Gasteiger partial charge in [-0.2, -0.15) is 0 Å². The van der Waals surface area contributed by atoms with Crippen LogP contribution in [0.1, 0.15) is 80.2 Å². The first kappa shape index (κ1) is 39.0. The molecule has 2 saturated heterocycles. The first-order valence-electron chi connectivity index (χ1n) is 17.4. The van der Waals surface area contributed by atoms with E-state index in [4.69, 9.17) is 9.47 Å². The van der Waals surface area contributed by atoms with Crippen molar-refractivity contribution in [2.24, 2.45) is 29.1 Å². The summed E-state index contributed by atoms with van der Waals surface area (Å²) < 4.78 is 11.7. The minimum Gasteiger partial charge on any atom is -0.459 e. The van der Waals surface area contributed by atoms with E-state index >= 15 is 0 Å². The number of aliphatic hydroxyl groups is 2. The number of esters is 1. The summed E-state index contributed by atoms with van der Waals surface area (Å²) in [5.74, 6) is -4.68. The molecule has 2 aliphatic heterocycles. The highest BCUT2D eigenvalue weighted by molar-refractivity contribution is 6.00. The Balaban J connectivity index is 1.58. The van der Waals surface area contributed by atoms with E-state index in [1.165, 1.54) is 6.92 Å². The molecule has 0 spiro atoms. The van der Waals surface area contributed by atoms with Crippen molar-refractivity contribution in [3.63, 3.8) is 0 Å². The minimum absolute atomic E-state index is 0.133. The lowest BCUT2D eigenvalue weighted by atomic mass is 9.63. The lowest BCUT2D eigenvalue weighted by Crippen LogP contribution is -2.58. The smallest absolute Gasteiger partial charge is 0.316 e. The molecule has 1 aromatic heterocycles. The number of aliphatic hydroxyl groups excluding tert-OH is 1. The zero-order chi connectivity index (χ0) is 37.0. The molecule has 1 amide bonds. The van der Waals surface area contributed by atoms with Crippen LogP contribution in [0.15, 0.2) is 48.8 Å². The van der Waals surface area contributed by atoms with Crippen LogP contribution < -0.4 is 10.6 Å². The first-order chi connectivity index (χ1) is 23.4. The van der Waals surface area contributed by atoms with E-state index in [1.54, 1.807) is 73.0 Å². The number of carbonyl (C=O) groups excluding carboxylic acids is 4. The number of carbonyl (C=O) groups is 4. The molecule has 0 aliphatic carbocycles. The van der Waals surface area contributed by atoms with E-state index in [1.807, 2.05) is 30.3 Å². The number of rotatable bonds is 7. The predicted molar refractivity (Wildman–Crippen MR) is 187 cm³/mol. The zero-order valence-corrected chi connectivity index (χ0v) is 30.3. The second-order valence-electron chi connectivity index (χ2n) is 14.7. The fourth-order valence-electron chi connectivity index (χ4n) is 7.59. The van der Waals surface area contributed by atoms with Gasteiger partial charge in [0.15, 0.2) is 5.82 Å². The molecule has 12 heteroatoms. The molecule has 4 N–H and O–H groups in total. The Morgan fingerprint density at radius 2 is 1.68 bits per heavy atom. The Bertz CT molecular complexity index is 1560. The van der Waals surface area contributed by atoms with Crippen molar-refractivity contribution in [2.45, 2.75) is 104 Å². The third-order valence-corrected chi connectivity index (χ3v) is 10.8. The van der Waals surface area contributed by atoms with Gasteiger partial charge in [-0.1, -0.05) is 71.0 Å². The van der Waals surface area contributed by atoms with Crippen molar-refractivity contribution >= 4 is 29.5 Å². The number of benzene rings is 1. The van der Waals surface area contributed by atoms with E-state index in [0.717, 1.165) is 11.1 Å². The molecule has 4 rings (SSSR count). The fraction of sp³-hybridized carbons (Fsp3) is 0.579. The Labute approximate surface area is 294 Å². The maximum atomic E-state index is 14.6. The van der Waals surface area contributed by atoms with Crippen molar-refractivity contribution in [1.29, 1.82) is 0 Å². The monoisotopic (exact) mass is 692 g/mol. The van der Waals surface area contributed by atoms with E-state index in [9.17, 15) is 29.4 Å². The van der Waals surface area contributed by atoms with E-state index < -0.39 is 76.5 Å². The molecule has 2 unspecified atom stereocenters. The quantitative estimate of drug-likeness (QED) is 0.245. The summed E-state index contributed by atoms with van der Waals surface area (Å²) in [6, 6.07) is 8.60. The minimum atomic E-state index is -1.58. The summed E-state index contributed by atoms with van der Waals surface area (Å²) in [6.07, 6.45) is 4.60. The molecule has 12 nitrogen and oxygen atoms in total. The van der Waals surface area contributed by atoms with Gasteiger partial charge in [-0.25, -0.2) is 9.97 Å². The van der Waals surface area contributed by atoms with Gasteiger partial charge in [-0.05, 0) is 51.2 Å². The Kier molecular flexibility index (Phi) is 12.1. The van der Waals surface area contributed by atoms with Gasteiger partial charge in [0.05, 0.1) is 11.6 Å². The highest BCUT2D eigenvalue weighted by Gasteiger charge is 2.57. The molecule has 272 valence electrons. The number of hydrogen-bond acceptors (Lipinski definition) is 11. The third-order valence-electron chi connectivity index (χ3n) is 10.8. The largest absolute Gasteiger partial charge is 0.459 e. The number of nitrogens with one attached hydrogen (secondary N) is 2. The second-order valence-corrected chi connectivity index (χ2v) is 14.7. The number of ketones is 2. The Morgan fingerprint density at radius 3 is 2.30 bits per heavy atom. The van der Waals surface area contributed by atoms with Crippen LogP contribution in [-0.2, 0) is 28.7 Å². The van der Waals surface area contributed by atoms with Crippen LogP contribution in [0, 0.1) is 29.1 Å². The molecule has 2 aliphatic rings. The molecule has 0 saturated carbocycles. The van der Waals surface area contributed by atoms with Crippen LogP contribution >= 0.6 is 0 Å². The number of fused-ring (bicyclic) bond motifs is 1. The normalized spacial score (nSPS) is 35.7. The van der Waals surface area contributed by atoms with Crippen LogP contribution in [-0.4, -0.2) is 79.9 Å². The first-order valence-corrected chi connectivity index (χ1v) is 17.4. The molecule has 1 aromatic carbocycles. The molecular weight excluding hydrogens is 640 g/mol. The molecular formula is C38H52N4O8. The summed E-state index contributed by atoms with van der Waals surface area (Å²) in [5, 5.41) is 28.3. The lowest BCUT2D eigenvalue weighted by molar-refractivity contribution is -0.198. The number of aromatic nitrogens is 2. The predicted octanol–water partition coefficient (Wildman–Crippen LogP) is 3.85. The molecule has 3 heterocycles. The summed E-state index contributed by atoms with van der Waals surface area (Å²) in [7, 11) is 0. The average Bonchev–Trinajstić information content (AvgIpc) is 3.40. The van der Waals surface area contributed by atoms with Crippen molar-refractivity contribution in [3.8, 4) is 11.4 Å². The van der Waals surface area contributed by atoms with Gasteiger partial charge in [0.25, 0.3) is 0 Å². The van der Waals surface area contributed by atoms with Crippen molar-refractivity contribution in [2.75, 3.05) is 6.54 Å². The van der Waals surface area contributed by atoms with E-state index in [-0.39, 0.29) is 31.6 Å². The van der Waals surface area contributed by atoms with E-state index in [0.29, 0.717) is 5.82 Å². The van der Waals surface area contributed by atoms with E-state index in [2.05, 4.69) is 20.6 Å². The molecule has 2 aromatic rings. The van der Waals surface area contributed by atoms with Crippen LogP contribution in [0.5, 0.6) is 0 Å². The summed E-state index contributed by atoms with van der Waals surface area (Å²) >= 11 is 0. The summed E-state index contributed by atoms with van der Waals surface area (Å²) in [5.41, 5.74) is -2.54.